The summed E-state index contributed by atoms with van der Waals surface area (Å²) in [5.74, 6) is -1.01. The van der Waals surface area contributed by atoms with Gasteiger partial charge >= 0.3 is 6.18 Å². The predicted octanol–water partition coefficient (Wildman–Crippen LogP) is 2.30. The second kappa shape index (κ2) is 6.25. The van der Waals surface area contributed by atoms with Crippen molar-refractivity contribution >= 4 is 11.8 Å². The van der Waals surface area contributed by atoms with E-state index in [1.807, 2.05) is 13.0 Å². The van der Waals surface area contributed by atoms with Gasteiger partial charge in [0.1, 0.15) is 11.7 Å². The maximum Gasteiger partial charge on any atom is 0.408 e. The Kier molecular flexibility index (Phi) is 4.72. The predicted molar refractivity (Wildman–Crippen MR) is 78.0 cm³/mol. The minimum absolute atomic E-state index is 0.135. The number of aryl methyl sites for hydroxylation is 2. The molecular formula is C15H20F3N3O2. The molecule has 2 heterocycles. The Labute approximate surface area is 132 Å². The number of carbonyl (C=O) groups is 2. The molecule has 1 fully saturated rings. The van der Waals surface area contributed by atoms with Gasteiger partial charge in [-0.2, -0.15) is 13.2 Å². The Morgan fingerprint density at radius 1 is 1.30 bits per heavy atom. The van der Waals surface area contributed by atoms with E-state index in [2.05, 4.69) is 10.3 Å². The van der Waals surface area contributed by atoms with Gasteiger partial charge in [0, 0.05) is 25.2 Å². The van der Waals surface area contributed by atoms with Crippen molar-refractivity contribution in [2.45, 2.75) is 51.9 Å². The highest BCUT2D eigenvalue weighted by Gasteiger charge is 2.47. The average molecular weight is 331 g/mol. The molecule has 0 bridgehead atoms. The number of likely N-dealkylation sites (tertiary alicyclic amines) is 1. The molecule has 2 unspecified atom stereocenters. The summed E-state index contributed by atoms with van der Waals surface area (Å²) >= 11 is 0. The van der Waals surface area contributed by atoms with Crippen molar-refractivity contribution in [1.82, 2.24) is 15.2 Å². The lowest BCUT2D eigenvalue weighted by atomic mass is 9.97. The summed E-state index contributed by atoms with van der Waals surface area (Å²) in [5, 5.41) is 2.71. The van der Waals surface area contributed by atoms with E-state index in [0.717, 1.165) is 23.1 Å². The Balaban J connectivity index is 2.07. The SMILES string of the molecule is CC(=O)N1CC(NC(=O)c2[nH]c(C)cc2C)CCC1C(F)(F)F. The van der Waals surface area contributed by atoms with Crippen LogP contribution in [0, 0.1) is 13.8 Å². The lowest BCUT2D eigenvalue weighted by Crippen LogP contribution is -2.57. The van der Waals surface area contributed by atoms with Gasteiger partial charge in [0.2, 0.25) is 5.91 Å². The molecule has 0 saturated carbocycles. The number of nitrogens with zero attached hydrogens (tertiary/aromatic N) is 1. The zero-order valence-corrected chi connectivity index (χ0v) is 13.3. The summed E-state index contributed by atoms with van der Waals surface area (Å²) < 4.78 is 38.9. The van der Waals surface area contributed by atoms with Crippen molar-refractivity contribution in [3.63, 3.8) is 0 Å². The molecule has 1 aliphatic rings. The first-order chi connectivity index (χ1) is 10.6. The molecule has 8 heteroatoms. The minimum atomic E-state index is -4.45. The lowest BCUT2D eigenvalue weighted by Gasteiger charge is -2.40. The monoisotopic (exact) mass is 331 g/mol. The molecule has 2 amide bonds. The number of aromatic nitrogens is 1. The number of alkyl halides is 3. The molecule has 1 saturated heterocycles. The van der Waals surface area contributed by atoms with Crippen molar-refractivity contribution in [3.8, 4) is 0 Å². The standard InChI is InChI=1S/C15H20F3N3O2/c1-8-6-9(2)19-13(8)14(23)20-11-4-5-12(15(16,17)18)21(7-11)10(3)22/h6,11-12,19H,4-5,7H2,1-3H3,(H,20,23). The van der Waals surface area contributed by atoms with Crippen molar-refractivity contribution in [1.29, 1.82) is 0 Å². The normalized spacial score (nSPS) is 22.1. The van der Waals surface area contributed by atoms with Crippen LogP contribution in [0.5, 0.6) is 0 Å². The highest BCUT2D eigenvalue weighted by atomic mass is 19.4. The van der Waals surface area contributed by atoms with E-state index in [-0.39, 0.29) is 25.3 Å². The zero-order valence-electron chi connectivity index (χ0n) is 13.3. The van der Waals surface area contributed by atoms with Crippen LogP contribution in [0.1, 0.15) is 41.5 Å². The van der Waals surface area contributed by atoms with Crippen molar-refractivity contribution < 1.29 is 22.8 Å². The molecule has 0 radical (unpaired) electrons. The molecule has 23 heavy (non-hydrogen) atoms. The van der Waals surface area contributed by atoms with Gasteiger partial charge in [-0.1, -0.05) is 0 Å². The van der Waals surface area contributed by atoms with Crippen molar-refractivity contribution in [2.24, 2.45) is 0 Å². The Hall–Kier alpha value is -1.99. The first-order valence-corrected chi connectivity index (χ1v) is 7.40. The molecule has 0 spiro atoms. The third-order valence-electron chi connectivity index (χ3n) is 4.08. The quantitative estimate of drug-likeness (QED) is 0.873. The Morgan fingerprint density at radius 2 is 1.96 bits per heavy atom. The molecule has 0 aromatic carbocycles. The number of rotatable bonds is 2. The second-order valence-electron chi connectivity index (χ2n) is 5.99. The van der Waals surface area contributed by atoms with Crippen LogP contribution in [0.25, 0.3) is 0 Å². The van der Waals surface area contributed by atoms with E-state index in [0.29, 0.717) is 5.69 Å². The van der Waals surface area contributed by atoms with Gasteiger partial charge in [0.25, 0.3) is 5.91 Å². The smallest absolute Gasteiger partial charge is 0.354 e. The van der Waals surface area contributed by atoms with Gasteiger partial charge in [-0.3, -0.25) is 9.59 Å². The molecule has 0 aliphatic carbocycles. The summed E-state index contributed by atoms with van der Waals surface area (Å²) in [7, 11) is 0. The first-order valence-electron chi connectivity index (χ1n) is 7.40. The maximum atomic E-state index is 13.0. The third-order valence-corrected chi connectivity index (χ3v) is 4.08. The van der Waals surface area contributed by atoms with E-state index >= 15 is 0 Å². The molecule has 5 nitrogen and oxygen atoms in total. The topological polar surface area (TPSA) is 65.2 Å². The van der Waals surface area contributed by atoms with Crippen LogP contribution >= 0.6 is 0 Å². The van der Waals surface area contributed by atoms with Crippen molar-refractivity contribution in [2.75, 3.05) is 6.54 Å². The van der Waals surface area contributed by atoms with Crippen LogP contribution in [0.15, 0.2) is 6.07 Å². The molecule has 1 aliphatic heterocycles. The van der Waals surface area contributed by atoms with Gasteiger partial charge in [-0.05, 0) is 38.3 Å². The summed E-state index contributed by atoms with van der Waals surface area (Å²) in [6, 6.07) is -0.451. The third kappa shape index (κ3) is 3.86. The highest BCUT2D eigenvalue weighted by molar-refractivity contribution is 5.94. The molecule has 128 valence electrons. The van der Waals surface area contributed by atoms with Gasteiger partial charge < -0.3 is 15.2 Å². The molecule has 2 rings (SSSR count). The van der Waals surface area contributed by atoms with E-state index in [4.69, 9.17) is 0 Å². The van der Waals surface area contributed by atoms with Crippen LogP contribution in [0.4, 0.5) is 13.2 Å². The number of carbonyl (C=O) groups excluding carboxylic acids is 2. The summed E-state index contributed by atoms with van der Waals surface area (Å²) in [5.41, 5.74) is 2.00. The number of hydrogen-bond donors (Lipinski definition) is 2. The van der Waals surface area contributed by atoms with Crippen LogP contribution in [0.3, 0.4) is 0 Å². The summed E-state index contributed by atoms with van der Waals surface area (Å²) in [6.07, 6.45) is -4.48. The van der Waals surface area contributed by atoms with Gasteiger partial charge in [0.15, 0.2) is 0 Å². The first kappa shape index (κ1) is 17.4. The van der Waals surface area contributed by atoms with Crippen LogP contribution < -0.4 is 5.32 Å². The van der Waals surface area contributed by atoms with Crippen LogP contribution in [-0.4, -0.2) is 46.5 Å². The number of amides is 2. The lowest BCUT2D eigenvalue weighted by molar-refractivity contribution is -0.196. The maximum absolute atomic E-state index is 13.0. The Morgan fingerprint density at radius 3 is 2.43 bits per heavy atom. The number of piperidine rings is 1. The van der Waals surface area contributed by atoms with Crippen LogP contribution in [0.2, 0.25) is 0 Å². The number of H-pyrrole nitrogens is 1. The second-order valence-corrected chi connectivity index (χ2v) is 5.99. The molecule has 2 atom stereocenters. The fourth-order valence-corrected chi connectivity index (χ4v) is 3.00. The fraction of sp³-hybridized carbons (Fsp3) is 0.600. The highest BCUT2D eigenvalue weighted by Crippen LogP contribution is 2.32. The number of hydrogen-bond acceptors (Lipinski definition) is 2. The van der Waals surface area contributed by atoms with E-state index in [1.54, 1.807) is 6.92 Å². The molecule has 1 aromatic heterocycles. The van der Waals surface area contributed by atoms with Crippen molar-refractivity contribution in [3.05, 3.63) is 23.0 Å². The zero-order chi connectivity index (χ0) is 17.4. The average Bonchev–Trinajstić information content (AvgIpc) is 2.76. The fourth-order valence-electron chi connectivity index (χ4n) is 3.00. The number of halogens is 3. The van der Waals surface area contributed by atoms with E-state index in [1.165, 1.54) is 0 Å². The summed E-state index contributed by atoms with van der Waals surface area (Å²) in [4.78, 5) is 27.5. The van der Waals surface area contributed by atoms with Crippen LogP contribution in [-0.2, 0) is 4.79 Å². The largest absolute Gasteiger partial charge is 0.408 e. The van der Waals surface area contributed by atoms with Gasteiger partial charge in [0.05, 0.1) is 0 Å². The van der Waals surface area contributed by atoms with Gasteiger partial charge in [-0.25, -0.2) is 0 Å². The number of aromatic amines is 1. The molecule has 2 N–H and O–H groups in total. The number of nitrogens with one attached hydrogen (secondary N) is 2. The van der Waals surface area contributed by atoms with Gasteiger partial charge in [-0.15, -0.1) is 0 Å². The van der Waals surface area contributed by atoms with E-state index < -0.39 is 24.2 Å². The summed E-state index contributed by atoms with van der Waals surface area (Å²) in [6.45, 7) is 4.57. The van der Waals surface area contributed by atoms with E-state index in [9.17, 15) is 22.8 Å². The molecular weight excluding hydrogens is 311 g/mol. The molecule has 1 aromatic rings. The Bertz CT molecular complexity index is 610. The minimum Gasteiger partial charge on any atom is -0.354 e.